The van der Waals surface area contributed by atoms with Gasteiger partial charge in [0.15, 0.2) is 0 Å². The molecule has 1 aromatic heterocycles. The molecule has 0 spiro atoms. The van der Waals surface area contributed by atoms with Crippen LogP contribution in [0.25, 0.3) is 21.9 Å². The number of thiazole rings is 1. The van der Waals surface area contributed by atoms with Crippen LogP contribution in [0.4, 0.5) is 0 Å². The van der Waals surface area contributed by atoms with Crippen molar-refractivity contribution in [2.45, 2.75) is 6.42 Å². The van der Waals surface area contributed by atoms with Gasteiger partial charge in [0.1, 0.15) is 17.4 Å². The average molecular weight is 351 g/mol. The van der Waals surface area contributed by atoms with Crippen molar-refractivity contribution in [3.05, 3.63) is 71.8 Å². The summed E-state index contributed by atoms with van der Waals surface area (Å²) in [7, 11) is 0. The minimum atomic E-state index is -0.885. The molecule has 0 aliphatic rings. The normalized spacial score (nSPS) is 11.4. The first kappa shape index (κ1) is 16.9. The van der Waals surface area contributed by atoms with Crippen molar-refractivity contribution in [2.24, 2.45) is 0 Å². The molecule has 0 aliphatic heterocycles. The Morgan fingerprint density at radius 1 is 1.24 bits per heavy atom. The highest BCUT2D eigenvalue weighted by atomic mass is 32.1. The third-order valence-electron chi connectivity index (χ3n) is 3.48. The highest BCUT2D eigenvalue weighted by Gasteiger charge is 2.12. The summed E-state index contributed by atoms with van der Waals surface area (Å²) in [4.78, 5) is 15.9. The number of carboxylic acids is 1. The van der Waals surface area contributed by atoms with Gasteiger partial charge >= 0.3 is 5.97 Å². The maximum absolute atomic E-state index is 11.3. The Labute approximate surface area is 149 Å². The first-order valence-electron chi connectivity index (χ1n) is 7.78. The van der Waals surface area contributed by atoms with Gasteiger partial charge in [-0.25, -0.2) is 4.98 Å². The summed E-state index contributed by atoms with van der Waals surface area (Å²) >= 11 is 1.50. The van der Waals surface area contributed by atoms with Crippen molar-refractivity contribution >= 4 is 39.2 Å². The van der Waals surface area contributed by atoms with Gasteiger partial charge in [-0.3, -0.25) is 4.79 Å². The lowest BCUT2D eigenvalue weighted by molar-refractivity contribution is -0.135. The average Bonchev–Trinajstić information content (AvgIpc) is 3.03. The third-order valence-corrected chi connectivity index (χ3v) is 4.59. The largest absolute Gasteiger partial charge is 0.490 e. The van der Waals surface area contributed by atoms with Crippen LogP contribution in [-0.4, -0.2) is 22.7 Å². The van der Waals surface area contributed by atoms with E-state index in [1.54, 1.807) is 6.08 Å². The second kappa shape index (κ2) is 7.77. The number of carbonyl (C=O) groups is 1. The van der Waals surface area contributed by atoms with Gasteiger partial charge in [-0.15, -0.1) is 11.3 Å². The quantitative estimate of drug-likeness (QED) is 0.617. The number of hydrogen-bond donors (Lipinski definition) is 1. The molecule has 0 bridgehead atoms. The van der Waals surface area contributed by atoms with Gasteiger partial charge in [0.25, 0.3) is 0 Å². The van der Waals surface area contributed by atoms with Crippen LogP contribution in [0.5, 0.6) is 5.75 Å². The van der Waals surface area contributed by atoms with Gasteiger partial charge in [-0.05, 0) is 41.5 Å². The van der Waals surface area contributed by atoms with Gasteiger partial charge in [0, 0.05) is 0 Å². The third kappa shape index (κ3) is 4.33. The van der Waals surface area contributed by atoms with E-state index in [9.17, 15) is 9.90 Å². The van der Waals surface area contributed by atoms with Gasteiger partial charge < -0.3 is 9.84 Å². The number of aromatic nitrogens is 1. The summed E-state index contributed by atoms with van der Waals surface area (Å²) in [5.74, 6) is -0.169. The van der Waals surface area contributed by atoms with Gasteiger partial charge in [0.2, 0.25) is 0 Å². The first-order valence-corrected chi connectivity index (χ1v) is 8.59. The molecule has 0 unspecified atom stereocenters. The number of benzene rings is 2. The predicted octanol–water partition coefficient (Wildman–Crippen LogP) is 4.88. The van der Waals surface area contributed by atoms with E-state index in [0.717, 1.165) is 20.8 Å². The predicted molar refractivity (Wildman–Crippen MR) is 102 cm³/mol. The van der Waals surface area contributed by atoms with Crippen molar-refractivity contribution in [1.82, 2.24) is 4.98 Å². The van der Waals surface area contributed by atoms with Crippen LogP contribution in [0.2, 0.25) is 0 Å². The molecular weight excluding hydrogens is 334 g/mol. The molecule has 25 heavy (non-hydrogen) atoms. The maximum atomic E-state index is 11.3. The minimum Gasteiger partial charge on any atom is -0.490 e. The molecule has 3 rings (SSSR count). The topological polar surface area (TPSA) is 59.4 Å². The van der Waals surface area contributed by atoms with Gasteiger partial charge in [-0.2, -0.15) is 0 Å². The summed E-state index contributed by atoms with van der Waals surface area (Å²) in [6.07, 6.45) is 3.45. The highest BCUT2D eigenvalue weighted by Crippen LogP contribution is 2.30. The van der Waals surface area contributed by atoms with E-state index >= 15 is 0 Å². The highest BCUT2D eigenvalue weighted by molar-refractivity contribution is 7.19. The van der Waals surface area contributed by atoms with E-state index in [0.29, 0.717) is 17.9 Å². The molecule has 5 heteroatoms. The Balaban J connectivity index is 1.98. The van der Waals surface area contributed by atoms with Crippen LogP contribution in [0.3, 0.4) is 0 Å². The van der Waals surface area contributed by atoms with Crippen LogP contribution in [-0.2, 0) is 4.79 Å². The molecule has 1 N–H and O–H groups in total. The SMILES string of the molecule is C=CCOc1cccc(C=C(CC(=O)O)c2nc3ccccc3s2)c1. The lowest BCUT2D eigenvalue weighted by Crippen LogP contribution is -1.97. The summed E-state index contributed by atoms with van der Waals surface area (Å²) in [5.41, 5.74) is 2.42. The number of para-hydroxylation sites is 1. The molecule has 0 saturated heterocycles. The van der Waals surface area contributed by atoms with Crippen LogP contribution >= 0.6 is 11.3 Å². The molecule has 0 atom stereocenters. The molecule has 1 heterocycles. The Bertz CT molecular complexity index is 910. The summed E-state index contributed by atoms with van der Waals surface area (Å²) in [6.45, 7) is 4.05. The molecule has 0 saturated carbocycles. The van der Waals surface area contributed by atoms with Crippen LogP contribution in [0.15, 0.2) is 61.2 Å². The van der Waals surface area contributed by atoms with E-state index in [1.807, 2.05) is 54.6 Å². The van der Waals surface area contributed by atoms with Crippen molar-refractivity contribution in [3.63, 3.8) is 0 Å². The second-order valence-electron chi connectivity index (χ2n) is 5.40. The number of hydrogen-bond acceptors (Lipinski definition) is 4. The van der Waals surface area contributed by atoms with Crippen molar-refractivity contribution in [3.8, 4) is 5.75 Å². The molecular formula is C20H17NO3S. The van der Waals surface area contributed by atoms with E-state index < -0.39 is 5.97 Å². The molecule has 0 fully saturated rings. The van der Waals surface area contributed by atoms with Gasteiger partial charge in [0.05, 0.1) is 16.6 Å². The molecule has 0 amide bonds. The Kier molecular flexibility index (Phi) is 5.26. The standard InChI is InChI=1S/C20H17NO3S/c1-2-10-24-16-7-5-6-14(12-16)11-15(13-19(22)23)20-21-17-8-3-4-9-18(17)25-20/h2-9,11-12H,1,10,13H2,(H,22,23). The van der Waals surface area contributed by atoms with Crippen LogP contribution < -0.4 is 4.74 Å². The Hall–Kier alpha value is -2.92. The lowest BCUT2D eigenvalue weighted by Gasteiger charge is -2.05. The van der Waals surface area contributed by atoms with E-state index in [4.69, 9.17) is 4.74 Å². The van der Waals surface area contributed by atoms with Crippen molar-refractivity contribution < 1.29 is 14.6 Å². The number of nitrogens with zero attached hydrogens (tertiary/aromatic N) is 1. The number of carboxylic acid groups (broad SMARTS) is 1. The molecule has 126 valence electrons. The summed E-state index contributed by atoms with van der Waals surface area (Å²) < 4.78 is 6.57. The van der Waals surface area contributed by atoms with Crippen LogP contribution in [0.1, 0.15) is 17.0 Å². The molecule has 0 aliphatic carbocycles. The number of rotatable bonds is 7. The Morgan fingerprint density at radius 3 is 2.84 bits per heavy atom. The lowest BCUT2D eigenvalue weighted by atomic mass is 10.1. The number of aliphatic carboxylic acids is 1. The molecule has 4 nitrogen and oxygen atoms in total. The van der Waals surface area contributed by atoms with Crippen molar-refractivity contribution in [2.75, 3.05) is 6.61 Å². The monoisotopic (exact) mass is 351 g/mol. The maximum Gasteiger partial charge on any atom is 0.307 e. The van der Waals surface area contributed by atoms with E-state index in [-0.39, 0.29) is 6.42 Å². The number of ether oxygens (including phenoxy) is 1. The fourth-order valence-corrected chi connectivity index (χ4v) is 3.39. The van der Waals surface area contributed by atoms with Crippen LogP contribution in [0, 0.1) is 0 Å². The fraction of sp³-hybridized carbons (Fsp3) is 0.100. The van der Waals surface area contributed by atoms with Gasteiger partial charge in [-0.1, -0.05) is 36.9 Å². The number of fused-ring (bicyclic) bond motifs is 1. The van der Waals surface area contributed by atoms with Crippen molar-refractivity contribution in [1.29, 1.82) is 0 Å². The molecule has 3 aromatic rings. The summed E-state index contributed by atoms with van der Waals surface area (Å²) in [6, 6.07) is 15.3. The minimum absolute atomic E-state index is 0.0857. The fourth-order valence-electron chi connectivity index (χ4n) is 2.41. The Morgan fingerprint density at radius 2 is 2.08 bits per heavy atom. The second-order valence-corrected chi connectivity index (χ2v) is 6.43. The first-order chi connectivity index (χ1) is 12.2. The summed E-state index contributed by atoms with van der Waals surface area (Å²) in [5, 5.41) is 9.99. The zero-order chi connectivity index (χ0) is 17.6. The zero-order valence-corrected chi connectivity index (χ0v) is 14.3. The van der Waals surface area contributed by atoms with E-state index in [1.165, 1.54) is 11.3 Å². The molecule has 0 radical (unpaired) electrons. The zero-order valence-electron chi connectivity index (χ0n) is 13.5. The molecule has 2 aromatic carbocycles. The van der Waals surface area contributed by atoms with E-state index in [2.05, 4.69) is 11.6 Å². The smallest absolute Gasteiger partial charge is 0.307 e.